The average Bonchev–Trinajstić information content (AvgIpc) is 2.72. The molecule has 0 aliphatic carbocycles. The molecule has 86 valence electrons. The Hall–Kier alpha value is -0.730. The van der Waals surface area contributed by atoms with E-state index in [2.05, 4.69) is 36.9 Å². The van der Waals surface area contributed by atoms with Crippen LogP contribution in [-0.4, -0.2) is 24.7 Å². The zero-order valence-electron chi connectivity index (χ0n) is 9.52. The van der Waals surface area contributed by atoms with Crippen molar-refractivity contribution in [2.75, 3.05) is 24.7 Å². The molecule has 16 heavy (non-hydrogen) atoms. The Morgan fingerprint density at radius 2 is 2.12 bits per heavy atom. The molecule has 2 heteroatoms. The Labute approximate surface area is 102 Å². The minimum atomic E-state index is 0.584. The Balaban J connectivity index is 1.64. The molecule has 1 heterocycles. The normalized spacial score (nSPS) is 20.2. The van der Waals surface area contributed by atoms with E-state index in [0.717, 1.165) is 25.4 Å². The fourth-order valence-electron chi connectivity index (χ4n) is 1.79. The molecule has 1 aliphatic heterocycles. The Kier molecular flexibility index (Phi) is 4.49. The van der Waals surface area contributed by atoms with Gasteiger partial charge in [-0.3, -0.25) is 0 Å². The molecule has 1 atom stereocenters. The van der Waals surface area contributed by atoms with Crippen LogP contribution in [0.1, 0.15) is 5.56 Å². The third kappa shape index (κ3) is 3.39. The summed E-state index contributed by atoms with van der Waals surface area (Å²) < 4.78 is 5.37. The first-order valence-electron chi connectivity index (χ1n) is 5.73. The van der Waals surface area contributed by atoms with Gasteiger partial charge in [0.2, 0.25) is 0 Å². The molecule has 0 N–H and O–H groups in total. The van der Waals surface area contributed by atoms with E-state index in [4.69, 9.17) is 4.74 Å². The average molecular weight is 234 g/mol. The smallest absolute Gasteiger partial charge is 0.0678 e. The molecule has 1 aromatic rings. The molecule has 1 nitrogen and oxygen atoms in total. The number of ether oxygens (including phenoxy) is 1. The van der Waals surface area contributed by atoms with Crippen molar-refractivity contribution in [1.82, 2.24) is 0 Å². The van der Waals surface area contributed by atoms with Crippen LogP contribution in [0.25, 0.3) is 0 Å². The number of rotatable bonds is 5. The van der Waals surface area contributed by atoms with Crippen LogP contribution in [0.2, 0.25) is 0 Å². The van der Waals surface area contributed by atoms with Gasteiger partial charge in [-0.25, -0.2) is 0 Å². The molecule has 0 amide bonds. The molecule has 1 aliphatic rings. The Morgan fingerprint density at radius 1 is 1.31 bits per heavy atom. The summed E-state index contributed by atoms with van der Waals surface area (Å²) in [5.74, 6) is 2.93. The quantitative estimate of drug-likeness (QED) is 0.571. The summed E-state index contributed by atoms with van der Waals surface area (Å²) in [6, 6.07) is 10.7. The van der Waals surface area contributed by atoms with Crippen molar-refractivity contribution in [3.8, 4) is 0 Å². The molecule has 0 radical (unpaired) electrons. The minimum Gasteiger partial charge on any atom is -0.376 e. The summed E-state index contributed by atoms with van der Waals surface area (Å²) in [6.45, 7) is 5.67. The van der Waals surface area contributed by atoms with Gasteiger partial charge in [-0.2, -0.15) is 11.8 Å². The molecule has 1 fully saturated rings. The van der Waals surface area contributed by atoms with E-state index in [-0.39, 0.29) is 0 Å². The van der Waals surface area contributed by atoms with Crippen molar-refractivity contribution in [1.29, 1.82) is 0 Å². The number of benzene rings is 1. The van der Waals surface area contributed by atoms with Crippen LogP contribution in [0.3, 0.4) is 0 Å². The van der Waals surface area contributed by atoms with Crippen LogP contribution in [0.5, 0.6) is 0 Å². The highest BCUT2D eigenvalue weighted by atomic mass is 32.2. The summed E-state index contributed by atoms with van der Waals surface area (Å²) in [7, 11) is 0. The highest BCUT2D eigenvalue weighted by Crippen LogP contribution is 2.22. The highest BCUT2D eigenvalue weighted by molar-refractivity contribution is 7.99. The predicted molar refractivity (Wildman–Crippen MR) is 70.9 cm³/mol. The molecule has 0 bridgehead atoms. The van der Waals surface area contributed by atoms with Crippen LogP contribution in [0.15, 0.2) is 42.5 Å². The number of hydrogen-bond donors (Lipinski definition) is 0. The van der Waals surface area contributed by atoms with Gasteiger partial charge in [0.25, 0.3) is 0 Å². The second kappa shape index (κ2) is 6.12. The molecule has 2 rings (SSSR count). The van der Waals surface area contributed by atoms with Crippen molar-refractivity contribution < 1.29 is 4.74 Å². The minimum absolute atomic E-state index is 0.584. The molecule has 1 unspecified atom stereocenters. The molecule has 0 spiro atoms. The summed E-state index contributed by atoms with van der Waals surface area (Å²) in [6.07, 6.45) is 1.16. The van der Waals surface area contributed by atoms with Gasteiger partial charge in [0.05, 0.1) is 13.2 Å². The third-order valence-corrected chi connectivity index (χ3v) is 4.01. The molecule has 0 saturated carbocycles. The Bertz CT molecular complexity index is 334. The van der Waals surface area contributed by atoms with Gasteiger partial charge in [0, 0.05) is 11.7 Å². The zero-order valence-corrected chi connectivity index (χ0v) is 10.3. The first kappa shape index (κ1) is 11.7. The molecule has 0 aromatic heterocycles. The van der Waals surface area contributed by atoms with Crippen LogP contribution in [0, 0.1) is 5.92 Å². The fraction of sp³-hybridized carbons (Fsp3) is 0.429. The monoisotopic (exact) mass is 234 g/mol. The summed E-state index contributed by atoms with van der Waals surface area (Å²) in [4.78, 5) is 0. The topological polar surface area (TPSA) is 9.23 Å². The van der Waals surface area contributed by atoms with E-state index in [0.29, 0.717) is 5.92 Å². The van der Waals surface area contributed by atoms with E-state index >= 15 is 0 Å². The van der Waals surface area contributed by atoms with Gasteiger partial charge < -0.3 is 4.74 Å². The zero-order chi connectivity index (χ0) is 11.2. The highest BCUT2D eigenvalue weighted by Gasteiger charge is 2.19. The van der Waals surface area contributed by atoms with Crippen molar-refractivity contribution in [2.24, 2.45) is 5.92 Å². The number of aryl methyl sites for hydroxylation is 1. The van der Waals surface area contributed by atoms with Gasteiger partial charge in [0.1, 0.15) is 0 Å². The van der Waals surface area contributed by atoms with Crippen LogP contribution >= 0.6 is 11.8 Å². The van der Waals surface area contributed by atoms with Crippen molar-refractivity contribution in [2.45, 2.75) is 6.42 Å². The lowest BCUT2D eigenvalue weighted by Crippen LogP contribution is -2.05. The first-order valence-corrected chi connectivity index (χ1v) is 6.89. The van der Waals surface area contributed by atoms with E-state index in [1.807, 2.05) is 11.8 Å². The largest absolute Gasteiger partial charge is 0.376 e. The summed E-state index contributed by atoms with van der Waals surface area (Å²) in [5, 5.41) is 0. The second-order valence-corrected chi connectivity index (χ2v) is 5.33. The predicted octanol–water partition coefficient (Wildman–Crippen LogP) is 3.16. The van der Waals surface area contributed by atoms with Crippen molar-refractivity contribution in [3.63, 3.8) is 0 Å². The maximum Gasteiger partial charge on any atom is 0.0678 e. The van der Waals surface area contributed by atoms with Crippen LogP contribution in [-0.2, 0) is 11.2 Å². The van der Waals surface area contributed by atoms with Crippen molar-refractivity contribution in [3.05, 3.63) is 48.0 Å². The molecule has 1 aromatic carbocycles. The van der Waals surface area contributed by atoms with Gasteiger partial charge >= 0.3 is 0 Å². The first-order chi connectivity index (χ1) is 7.86. The molecule has 1 saturated heterocycles. The lowest BCUT2D eigenvalue weighted by Gasteiger charge is -2.08. The second-order valence-electron chi connectivity index (χ2n) is 4.18. The third-order valence-electron chi connectivity index (χ3n) is 2.88. The van der Waals surface area contributed by atoms with E-state index in [1.54, 1.807) is 0 Å². The van der Waals surface area contributed by atoms with Crippen molar-refractivity contribution >= 4 is 11.8 Å². The fourth-order valence-corrected chi connectivity index (χ4v) is 2.96. The van der Waals surface area contributed by atoms with E-state index in [9.17, 15) is 0 Å². The van der Waals surface area contributed by atoms with Crippen LogP contribution < -0.4 is 0 Å². The Morgan fingerprint density at radius 3 is 2.81 bits per heavy atom. The van der Waals surface area contributed by atoms with Gasteiger partial charge in [-0.05, 0) is 23.3 Å². The lowest BCUT2D eigenvalue weighted by atomic mass is 10.1. The molecular formula is C14H18OS. The van der Waals surface area contributed by atoms with Gasteiger partial charge in [-0.1, -0.05) is 36.9 Å². The standard InChI is InChI=1S/C14H18OS/c1-12-9-15-10-14(12)11-16-8-7-13-5-3-2-4-6-13/h2-6,14H,1,7-11H2. The summed E-state index contributed by atoms with van der Waals surface area (Å²) in [5.41, 5.74) is 2.70. The van der Waals surface area contributed by atoms with Crippen LogP contribution in [0.4, 0.5) is 0 Å². The summed E-state index contributed by atoms with van der Waals surface area (Å²) >= 11 is 2.01. The maximum atomic E-state index is 5.37. The van der Waals surface area contributed by atoms with E-state index in [1.165, 1.54) is 16.9 Å². The van der Waals surface area contributed by atoms with Gasteiger partial charge in [0.15, 0.2) is 0 Å². The number of hydrogen-bond acceptors (Lipinski definition) is 2. The SMILES string of the molecule is C=C1COCC1CSCCc1ccccc1. The maximum absolute atomic E-state index is 5.37. The number of thioether (sulfide) groups is 1. The molecular weight excluding hydrogens is 216 g/mol. The van der Waals surface area contributed by atoms with E-state index < -0.39 is 0 Å². The lowest BCUT2D eigenvalue weighted by molar-refractivity contribution is 0.192. The van der Waals surface area contributed by atoms with Gasteiger partial charge in [-0.15, -0.1) is 0 Å².